The SMILES string of the molecule is FC(F)(F)c1cc(-c2cccs2)nc(-n2nc(-c3ccc(Br)cc3)cc2-c2ccc(Br)cc2)n1. The van der Waals surface area contributed by atoms with Crippen molar-refractivity contribution in [2.45, 2.75) is 6.18 Å². The molecule has 0 unspecified atom stereocenters. The van der Waals surface area contributed by atoms with Crippen LogP contribution < -0.4 is 0 Å². The van der Waals surface area contributed by atoms with Gasteiger partial charge in [-0.05, 0) is 47.8 Å². The third-order valence-electron chi connectivity index (χ3n) is 4.96. The summed E-state index contributed by atoms with van der Waals surface area (Å²) in [5, 5.41) is 6.41. The molecule has 5 aromatic rings. The van der Waals surface area contributed by atoms with E-state index in [1.807, 2.05) is 54.6 Å². The number of hydrogen-bond donors (Lipinski definition) is 0. The van der Waals surface area contributed by atoms with Gasteiger partial charge in [-0.1, -0.05) is 62.2 Å². The van der Waals surface area contributed by atoms with Crippen LogP contribution in [0, 0.1) is 0 Å². The Kier molecular flexibility index (Phi) is 6.13. The number of halogens is 5. The molecule has 170 valence electrons. The number of nitrogens with zero attached hydrogens (tertiary/aromatic N) is 4. The van der Waals surface area contributed by atoms with E-state index in [1.165, 1.54) is 16.0 Å². The molecule has 4 nitrogen and oxygen atoms in total. The molecule has 0 aliphatic rings. The van der Waals surface area contributed by atoms with Gasteiger partial charge >= 0.3 is 6.18 Å². The third kappa shape index (κ3) is 4.70. The summed E-state index contributed by atoms with van der Waals surface area (Å²) in [7, 11) is 0. The summed E-state index contributed by atoms with van der Waals surface area (Å²) in [5.74, 6) is -0.153. The molecule has 3 heterocycles. The second-order valence-electron chi connectivity index (χ2n) is 7.25. The van der Waals surface area contributed by atoms with Crippen molar-refractivity contribution in [3.8, 4) is 39.0 Å². The third-order valence-corrected chi connectivity index (χ3v) is 6.91. The highest BCUT2D eigenvalue weighted by Crippen LogP contribution is 2.34. The van der Waals surface area contributed by atoms with Crippen molar-refractivity contribution in [2.24, 2.45) is 0 Å². The Hall–Kier alpha value is -2.82. The summed E-state index contributed by atoms with van der Waals surface area (Å²) in [6, 6.07) is 21.2. The molecule has 0 aliphatic carbocycles. The zero-order valence-corrected chi connectivity index (χ0v) is 21.1. The van der Waals surface area contributed by atoms with Crippen LogP contribution in [0.1, 0.15) is 5.69 Å². The van der Waals surface area contributed by atoms with E-state index in [0.717, 1.165) is 26.1 Å². The van der Waals surface area contributed by atoms with Crippen LogP contribution in [-0.2, 0) is 6.18 Å². The molecular weight excluding hydrogens is 593 g/mol. The predicted molar refractivity (Wildman–Crippen MR) is 134 cm³/mol. The fourth-order valence-electron chi connectivity index (χ4n) is 3.35. The Bertz CT molecular complexity index is 1450. The molecule has 3 aromatic heterocycles. The lowest BCUT2D eigenvalue weighted by molar-refractivity contribution is -0.141. The molecule has 0 saturated heterocycles. The van der Waals surface area contributed by atoms with Gasteiger partial charge in [-0.3, -0.25) is 0 Å². The monoisotopic (exact) mass is 604 g/mol. The van der Waals surface area contributed by atoms with Gasteiger partial charge in [-0.15, -0.1) is 11.3 Å². The van der Waals surface area contributed by atoms with Gasteiger partial charge in [0.2, 0.25) is 0 Å². The van der Waals surface area contributed by atoms with Crippen LogP contribution in [0.15, 0.2) is 87.1 Å². The van der Waals surface area contributed by atoms with Gasteiger partial charge in [0.1, 0.15) is 0 Å². The highest BCUT2D eigenvalue weighted by molar-refractivity contribution is 9.10. The Balaban J connectivity index is 1.74. The van der Waals surface area contributed by atoms with Crippen LogP contribution in [0.4, 0.5) is 13.2 Å². The molecule has 0 N–H and O–H groups in total. The fourth-order valence-corrected chi connectivity index (χ4v) is 4.56. The molecule has 0 amide bonds. The van der Waals surface area contributed by atoms with E-state index in [4.69, 9.17) is 0 Å². The van der Waals surface area contributed by atoms with E-state index in [2.05, 4.69) is 46.9 Å². The normalized spacial score (nSPS) is 11.7. The fraction of sp³-hybridized carbons (Fsp3) is 0.0417. The smallest absolute Gasteiger partial charge is 0.210 e. The van der Waals surface area contributed by atoms with Gasteiger partial charge in [0.15, 0.2) is 5.69 Å². The molecule has 0 fully saturated rings. The number of aromatic nitrogens is 4. The van der Waals surface area contributed by atoms with Crippen molar-refractivity contribution in [3.63, 3.8) is 0 Å². The van der Waals surface area contributed by atoms with Crippen LogP contribution >= 0.6 is 43.2 Å². The first-order valence-electron chi connectivity index (χ1n) is 9.90. The van der Waals surface area contributed by atoms with Crippen molar-refractivity contribution in [1.82, 2.24) is 19.7 Å². The first kappa shape index (κ1) is 22.9. The predicted octanol–water partition coefficient (Wildman–Crippen LogP) is 8.27. The second kappa shape index (κ2) is 9.09. The van der Waals surface area contributed by atoms with Crippen molar-refractivity contribution in [3.05, 3.63) is 92.8 Å². The second-order valence-corrected chi connectivity index (χ2v) is 10.0. The van der Waals surface area contributed by atoms with Gasteiger partial charge < -0.3 is 0 Å². The number of hydrogen-bond acceptors (Lipinski definition) is 4. The lowest BCUT2D eigenvalue weighted by atomic mass is 10.1. The standard InChI is InChI=1S/C24H13Br2F3N4S/c25-16-7-3-14(4-8-16)18-12-20(15-5-9-17(26)10-6-15)33(32-18)23-30-19(21-2-1-11-34-21)13-22(31-23)24(27,28)29/h1-13H. The van der Waals surface area contributed by atoms with Crippen LogP contribution in [0.25, 0.3) is 39.0 Å². The van der Waals surface area contributed by atoms with Crippen LogP contribution in [0.5, 0.6) is 0 Å². The molecule has 5 rings (SSSR count). The summed E-state index contributed by atoms with van der Waals surface area (Å²) in [4.78, 5) is 8.94. The van der Waals surface area contributed by atoms with E-state index in [0.29, 0.717) is 16.3 Å². The number of alkyl halides is 3. The van der Waals surface area contributed by atoms with E-state index in [-0.39, 0.29) is 11.6 Å². The van der Waals surface area contributed by atoms with E-state index < -0.39 is 11.9 Å². The molecule has 0 bridgehead atoms. The van der Waals surface area contributed by atoms with Crippen LogP contribution in [-0.4, -0.2) is 19.7 Å². The molecule has 34 heavy (non-hydrogen) atoms. The maximum absolute atomic E-state index is 13.8. The summed E-state index contributed by atoms with van der Waals surface area (Å²) in [6.07, 6.45) is -4.64. The maximum Gasteiger partial charge on any atom is 0.433 e. The highest BCUT2D eigenvalue weighted by atomic mass is 79.9. The summed E-state index contributed by atoms with van der Waals surface area (Å²) >= 11 is 8.14. The molecule has 2 aromatic carbocycles. The molecule has 0 spiro atoms. The first-order chi connectivity index (χ1) is 16.3. The maximum atomic E-state index is 13.8. The largest absolute Gasteiger partial charge is 0.433 e. The van der Waals surface area contributed by atoms with Crippen molar-refractivity contribution in [1.29, 1.82) is 0 Å². The minimum Gasteiger partial charge on any atom is -0.210 e. The Labute approximate surface area is 213 Å². The van der Waals surface area contributed by atoms with Crippen molar-refractivity contribution >= 4 is 43.2 Å². The molecule has 0 saturated carbocycles. The van der Waals surface area contributed by atoms with Gasteiger partial charge in [0.25, 0.3) is 5.95 Å². The van der Waals surface area contributed by atoms with Crippen molar-refractivity contribution in [2.75, 3.05) is 0 Å². The Morgan fingerprint density at radius 3 is 2.00 bits per heavy atom. The summed E-state index contributed by atoms with van der Waals surface area (Å²) in [6.45, 7) is 0. The Morgan fingerprint density at radius 1 is 0.765 bits per heavy atom. The lowest BCUT2D eigenvalue weighted by Crippen LogP contribution is -2.14. The van der Waals surface area contributed by atoms with E-state index in [1.54, 1.807) is 17.5 Å². The van der Waals surface area contributed by atoms with Crippen LogP contribution in [0.2, 0.25) is 0 Å². The van der Waals surface area contributed by atoms with Gasteiger partial charge in [0, 0.05) is 20.1 Å². The highest BCUT2D eigenvalue weighted by Gasteiger charge is 2.34. The van der Waals surface area contributed by atoms with Gasteiger partial charge in [-0.25, -0.2) is 9.97 Å². The Morgan fingerprint density at radius 2 is 1.41 bits per heavy atom. The van der Waals surface area contributed by atoms with Crippen molar-refractivity contribution < 1.29 is 13.2 Å². The van der Waals surface area contributed by atoms with E-state index in [9.17, 15) is 13.2 Å². The molecule has 0 aliphatic heterocycles. The van der Waals surface area contributed by atoms with E-state index >= 15 is 0 Å². The minimum atomic E-state index is -4.64. The quantitative estimate of drug-likeness (QED) is 0.207. The molecule has 10 heteroatoms. The minimum absolute atomic E-state index is 0.153. The zero-order chi connectivity index (χ0) is 23.9. The average molecular weight is 606 g/mol. The van der Waals surface area contributed by atoms with Gasteiger partial charge in [0.05, 0.1) is 22.0 Å². The molecule has 0 radical (unpaired) electrons. The number of rotatable bonds is 4. The van der Waals surface area contributed by atoms with Gasteiger partial charge in [-0.2, -0.15) is 23.0 Å². The number of benzene rings is 2. The summed E-state index contributed by atoms with van der Waals surface area (Å²) in [5.41, 5.74) is 1.90. The lowest BCUT2D eigenvalue weighted by Gasteiger charge is -2.12. The average Bonchev–Trinajstić information content (AvgIpc) is 3.50. The summed E-state index contributed by atoms with van der Waals surface area (Å²) < 4.78 is 44.4. The molecule has 0 atom stereocenters. The van der Waals surface area contributed by atoms with Crippen LogP contribution in [0.3, 0.4) is 0 Å². The first-order valence-corrected chi connectivity index (χ1v) is 12.4. The zero-order valence-electron chi connectivity index (χ0n) is 17.1. The topological polar surface area (TPSA) is 43.6 Å². The molecular formula is C24H13Br2F3N4S. The number of thiophene rings is 1.